The van der Waals surface area contributed by atoms with Gasteiger partial charge >= 0.3 is 11.9 Å². The van der Waals surface area contributed by atoms with Gasteiger partial charge in [0.15, 0.2) is 0 Å². The van der Waals surface area contributed by atoms with E-state index in [2.05, 4.69) is 11.7 Å². The lowest BCUT2D eigenvalue weighted by Crippen LogP contribution is -2.09. The number of ether oxygens (including phenoxy) is 1. The van der Waals surface area contributed by atoms with Gasteiger partial charge in [-0.25, -0.2) is 0 Å². The maximum absolute atomic E-state index is 10.7. The number of methoxy groups -OCH3 is 1. The summed E-state index contributed by atoms with van der Waals surface area (Å²) in [4.78, 5) is 31.2. The highest BCUT2D eigenvalue weighted by molar-refractivity contribution is 5.73. The molecule has 0 atom stereocenters. The Morgan fingerprint density at radius 3 is 1.58 bits per heavy atom. The molecule has 0 aliphatic rings. The van der Waals surface area contributed by atoms with Gasteiger partial charge in [0.05, 0.1) is 7.11 Å². The van der Waals surface area contributed by atoms with Crippen molar-refractivity contribution < 1.29 is 24.2 Å². The Kier molecular flexibility index (Phi) is 22.0. The third-order valence-corrected chi connectivity index (χ3v) is 4.03. The largest absolute Gasteiger partial charge is 0.481 e. The first-order valence-corrected chi connectivity index (χ1v) is 10.0. The van der Waals surface area contributed by atoms with E-state index in [-0.39, 0.29) is 18.3 Å². The van der Waals surface area contributed by atoms with Crippen LogP contribution in [-0.4, -0.2) is 30.1 Å². The standard InChI is InChI=1S/C11H20O4.C9H19NO/c1-15-11(14)9-7-5-3-2-4-6-8-10(12)13;1-2-3-4-5-6-7-8-9(10)11/h2-9H2,1H3,(H,12,13);2-8H2,1H3,(H2,10,11). The molecular weight excluding hydrogens is 334 g/mol. The van der Waals surface area contributed by atoms with E-state index < -0.39 is 5.97 Å². The monoisotopic (exact) mass is 373 g/mol. The number of carboxylic acid groups (broad SMARTS) is 1. The number of hydrogen-bond acceptors (Lipinski definition) is 4. The number of aliphatic carboxylic acids is 1. The van der Waals surface area contributed by atoms with Crippen molar-refractivity contribution in [3.05, 3.63) is 0 Å². The van der Waals surface area contributed by atoms with Crippen LogP contribution < -0.4 is 5.73 Å². The smallest absolute Gasteiger partial charge is 0.305 e. The molecule has 0 heterocycles. The Morgan fingerprint density at radius 2 is 1.15 bits per heavy atom. The van der Waals surface area contributed by atoms with E-state index in [1.807, 2.05) is 0 Å². The fraction of sp³-hybridized carbons (Fsp3) is 0.850. The van der Waals surface area contributed by atoms with Gasteiger partial charge in [-0.1, -0.05) is 64.7 Å². The maximum Gasteiger partial charge on any atom is 0.305 e. The highest BCUT2D eigenvalue weighted by Gasteiger charge is 2.00. The summed E-state index contributed by atoms with van der Waals surface area (Å²) in [5, 5.41) is 8.39. The Bertz CT molecular complexity index is 358. The molecular formula is C20H39NO5. The van der Waals surface area contributed by atoms with E-state index in [0.717, 1.165) is 51.4 Å². The molecule has 0 aromatic rings. The first-order chi connectivity index (χ1) is 12.4. The summed E-state index contributed by atoms with van der Waals surface area (Å²) in [6.07, 6.45) is 14.3. The predicted molar refractivity (Wildman–Crippen MR) is 104 cm³/mol. The molecule has 0 aliphatic carbocycles. The maximum atomic E-state index is 10.7. The van der Waals surface area contributed by atoms with Gasteiger partial charge in [-0.2, -0.15) is 0 Å². The van der Waals surface area contributed by atoms with E-state index >= 15 is 0 Å². The second-order valence-electron chi connectivity index (χ2n) is 6.58. The molecule has 3 N–H and O–H groups in total. The van der Waals surface area contributed by atoms with Crippen LogP contribution in [0.25, 0.3) is 0 Å². The molecule has 0 radical (unpaired) electrons. The number of rotatable bonds is 16. The normalized spacial score (nSPS) is 9.92. The number of amides is 1. The molecule has 26 heavy (non-hydrogen) atoms. The predicted octanol–water partition coefficient (Wildman–Crippen LogP) is 4.59. The van der Waals surface area contributed by atoms with Crippen LogP contribution in [0.4, 0.5) is 0 Å². The first-order valence-electron chi connectivity index (χ1n) is 10.0. The summed E-state index contributed by atoms with van der Waals surface area (Å²) in [7, 11) is 1.40. The highest BCUT2D eigenvalue weighted by Crippen LogP contribution is 2.09. The molecule has 0 aromatic heterocycles. The van der Waals surface area contributed by atoms with E-state index in [1.165, 1.54) is 32.8 Å². The zero-order valence-corrected chi connectivity index (χ0v) is 16.8. The van der Waals surface area contributed by atoms with Crippen molar-refractivity contribution in [3.63, 3.8) is 0 Å². The molecule has 0 saturated carbocycles. The average molecular weight is 374 g/mol. The summed E-state index contributed by atoms with van der Waals surface area (Å²) in [5.41, 5.74) is 4.99. The molecule has 6 nitrogen and oxygen atoms in total. The quantitative estimate of drug-likeness (QED) is 0.304. The van der Waals surface area contributed by atoms with Gasteiger partial charge in [-0.05, 0) is 19.3 Å². The molecule has 0 rings (SSSR count). The summed E-state index contributed by atoms with van der Waals surface area (Å²) < 4.78 is 4.52. The molecule has 0 aliphatic heterocycles. The number of nitrogens with two attached hydrogens (primary N) is 1. The molecule has 0 saturated heterocycles. The Balaban J connectivity index is 0. The SMILES string of the molecule is CCCCCCCCC(N)=O.COC(=O)CCCCCCCCC(=O)O. The van der Waals surface area contributed by atoms with E-state index in [9.17, 15) is 14.4 Å². The molecule has 0 aromatic carbocycles. The Hall–Kier alpha value is -1.59. The topological polar surface area (TPSA) is 107 Å². The van der Waals surface area contributed by atoms with Crippen LogP contribution >= 0.6 is 0 Å². The number of unbranched alkanes of at least 4 members (excludes halogenated alkanes) is 10. The highest BCUT2D eigenvalue weighted by atomic mass is 16.5. The van der Waals surface area contributed by atoms with Gasteiger partial charge in [-0.3, -0.25) is 14.4 Å². The minimum atomic E-state index is -0.722. The molecule has 0 unspecified atom stereocenters. The Labute approximate surface area is 158 Å². The van der Waals surface area contributed by atoms with Gasteiger partial charge in [0.25, 0.3) is 0 Å². The number of hydrogen-bond donors (Lipinski definition) is 2. The van der Waals surface area contributed by atoms with Crippen LogP contribution in [0.3, 0.4) is 0 Å². The third kappa shape index (κ3) is 27.3. The molecule has 1 amide bonds. The molecule has 6 heteroatoms. The molecule has 0 fully saturated rings. The zero-order valence-electron chi connectivity index (χ0n) is 16.8. The Morgan fingerprint density at radius 1 is 0.731 bits per heavy atom. The average Bonchev–Trinajstić information content (AvgIpc) is 2.60. The fourth-order valence-corrected chi connectivity index (χ4v) is 2.43. The van der Waals surface area contributed by atoms with Crippen molar-refractivity contribution in [2.45, 2.75) is 103 Å². The summed E-state index contributed by atoms with van der Waals surface area (Å²) >= 11 is 0. The van der Waals surface area contributed by atoms with Gasteiger partial charge in [-0.15, -0.1) is 0 Å². The lowest BCUT2D eigenvalue weighted by Gasteiger charge is -2.00. The molecule has 154 valence electrons. The number of esters is 1. The first kappa shape index (κ1) is 26.6. The van der Waals surface area contributed by atoms with Crippen molar-refractivity contribution in [1.29, 1.82) is 0 Å². The van der Waals surface area contributed by atoms with Gasteiger partial charge in [0, 0.05) is 19.3 Å². The van der Waals surface area contributed by atoms with Gasteiger partial charge < -0.3 is 15.6 Å². The fourth-order valence-electron chi connectivity index (χ4n) is 2.43. The number of primary amides is 1. The van der Waals surface area contributed by atoms with Crippen molar-refractivity contribution >= 4 is 17.8 Å². The number of carbonyl (C=O) groups excluding carboxylic acids is 2. The summed E-state index contributed by atoms with van der Waals surface area (Å²) in [5.74, 6) is -1.04. The molecule has 0 spiro atoms. The van der Waals surface area contributed by atoms with Gasteiger partial charge in [0.1, 0.15) is 0 Å². The second kappa shape index (κ2) is 21.5. The van der Waals surface area contributed by atoms with Crippen LogP contribution in [0.2, 0.25) is 0 Å². The second-order valence-corrected chi connectivity index (χ2v) is 6.58. The van der Waals surface area contributed by atoms with Crippen molar-refractivity contribution in [2.24, 2.45) is 5.73 Å². The number of carboxylic acids is 1. The van der Waals surface area contributed by atoms with E-state index in [4.69, 9.17) is 10.8 Å². The molecule has 0 bridgehead atoms. The van der Waals surface area contributed by atoms with Crippen molar-refractivity contribution in [1.82, 2.24) is 0 Å². The summed E-state index contributed by atoms with van der Waals surface area (Å²) in [6, 6.07) is 0. The van der Waals surface area contributed by atoms with E-state index in [0.29, 0.717) is 12.8 Å². The summed E-state index contributed by atoms with van der Waals surface area (Å²) in [6.45, 7) is 2.20. The minimum Gasteiger partial charge on any atom is -0.481 e. The number of carbonyl (C=O) groups is 3. The van der Waals surface area contributed by atoms with Crippen molar-refractivity contribution in [3.8, 4) is 0 Å². The van der Waals surface area contributed by atoms with Crippen LogP contribution in [-0.2, 0) is 19.1 Å². The lowest BCUT2D eigenvalue weighted by molar-refractivity contribution is -0.141. The van der Waals surface area contributed by atoms with Crippen LogP contribution in [0.5, 0.6) is 0 Å². The lowest BCUT2D eigenvalue weighted by atomic mass is 10.1. The minimum absolute atomic E-state index is 0.152. The van der Waals surface area contributed by atoms with Crippen molar-refractivity contribution in [2.75, 3.05) is 7.11 Å². The van der Waals surface area contributed by atoms with Crippen LogP contribution in [0, 0.1) is 0 Å². The van der Waals surface area contributed by atoms with Crippen LogP contribution in [0.15, 0.2) is 0 Å². The van der Waals surface area contributed by atoms with Crippen LogP contribution in [0.1, 0.15) is 103 Å². The zero-order chi connectivity index (χ0) is 20.0. The third-order valence-electron chi connectivity index (χ3n) is 4.03. The van der Waals surface area contributed by atoms with E-state index in [1.54, 1.807) is 0 Å². The van der Waals surface area contributed by atoms with Gasteiger partial charge in [0.2, 0.25) is 5.91 Å².